The smallest absolute Gasteiger partial charge is 0.211 e. The van der Waals surface area contributed by atoms with Crippen LogP contribution in [0.4, 0.5) is 0 Å². The van der Waals surface area contributed by atoms with E-state index in [4.69, 9.17) is 0 Å². The highest BCUT2D eigenvalue weighted by molar-refractivity contribution is 7.89. The molecule has 0 aromatic rings. The molecule has 0 aliphatic carbocycles. The maximum atomic E-state index is 11.6. The molecule has 0 radical (unpaired) electrons. The van der Waals surface area contributed by atoms with Crippen LogP contribution in [-0.2, 0) is 10.0 Å². The fraction of sp³-hybridized carbons (Fsp3) is 1.00. The van der Waals surface area contributed by atoms with Crippen molar-refractivity contribution in [3.05, 3.63) is 0 Å². The Morgan fingerprint density at radius 1 is 1.47 bits per heavy atom. The van der Waals surface area contributed by atoms with E-state index in [1.807, 2.05) is 13.8 Å². The first-order valence-electron chi connectivity index (χ1n) is 5.70. The monoisotopic (exact) mass is 234 g/mol. The first-order valence-corrected chi connectivity index (χ1v) is 7.35. The van der Waals surface area contributed by atoms with Crippen LogP contribution in [0, 0.1) is 5.92 Å². The maximum absolute atomic E-state index is 11.6. The molecule has 1 rings (SSSR count). The lowest BCUT2D eigenvalue weighted by molar-refractivity contribution is 0.368. The molecule has 2 N–H and O–H groups in total. The van der Waals surface area contributed by atoms with Gasteiger partial charge in [-0.1, -0.05) is 0 Å². The van der Waals surface area contributed by atoms with E-state index in [-0.39, 0.29) is 11.8 Å². The predicted octanol–water partition coefficient (Wildman–Crippen LogP) is 0.704. The normalized spacial score (nSPS) is 23.3. The second-order valence-corrected chi connectivity index (χ2v) is 6.47. The Morgan fingerprint density at radius 2 is 2.20 bits per heavy atom. The summed E-state index contributed by atoms with van der Waals surface area (Å²) < 4.78 is 25.7. The highest BCUT2D eigenvalue weighted by Crippen LogP contribution is 2.14. The van der Waals surface area contributed by atoms with Crippen LogP contribution < -0.4 is 10.0 Å². The van der Waals surface area contributed by atoms with Crippen molar-refractivity contribution in [3.8, 4) is 0 Å². The Labute approximate surface area is 92.9 Å². The van der Waals surface area contributed by atoms with Crippen molar-refractivity contribution in [2.45, 2.75) is 39.2 Å². The zero-order chi connectivity index (χ0) is 11.3. The standard InChI is InChI=1S/C10H22N2O2S/c1-9(2)12-15(13,14)7-5-10-4-3-6-11-8-10/h9-12H,3-8H2,1-2H3. The maximum Gasteiger partial charge on any atom is 0.211 e. The van der Waals surface area contributed by atoms with E-state index in [9.17, 15) is 8.42 Å². The first kappa shape index (κ1) is 12.9. The van der Waals surface area contributed by atoms with Gasteiger partial charge >= 0.3 is 0 Å². The molecule has 1 heterocycles. The zero-order valence-electron chi connectivity index (χ0n) is 9.62. The van der Waals surface area contributed by atoms with E-state index in [0.717, 1.165) is 25.9 Å². The van der Waals surface area contributed by atoms with Crippen molar-refractivity contribution in [1.82, 2.24) is 10.0 Å². The lowest BCUT2D eigenvalue weighted by atomic mass is 9.97. The second kappa shape index (κ2) is 5.82. The van der Waals surface area contributed by atoms with Gasteiger partial charge in [0.25, 0.3) is 0 Å². The number of hydrogen-bond acceptors (Lipinski definition) is 3. The zero-order valence-corrected chi connectivity index (χ0v) is 10.4. The van der Waals surface area contributed by atoms with Crippen LogP contribution in [-0.4, -0.2) is 33.3 Å². The third-order valence-electron chi connectivity index (χ3n) is 2.61. The van der Waals surface area contributed by atoms with Crippen molar-refractivity contribution in [1.29, 1.82) is 0 Å². The van der Waals surface area contributed by atoms with Crippen molar-refractivity contribution >= 4 is 10.0 Å². The third-order valence-corrected chi connectivity index (χ3v) is 4.21. The van der Waals surface area contributed by atoms with Gasteiger partial charge < -0.3 is 5.32 Å². The number of piperidine rings is 1. The number of nitrogens with one attached hydrogen (secondary N) is 2. The minimum atomic E-state index is -3.06. The molecule has 0 amide bonds. The van der Waals surface area contributed by atoms with Crippen LogP contribution in [0.1, 0.15) is 33.1 Å². The largest absolute Gasteiger partial charge is 0.316 e. The molecule has 1 atom stereocenters. The predicted molar refractivity (Wildman–Crippen MR) is 62.3 cm³/mol. The molecule has 0 aromatic heterocycles. The van der Waals surface area contributed by atoms with Gasteiger partial charge in [0, 0.05) is 6.04 Å². The summed E-state index contributed by atoms with van der Waals surface area (Å²) >= 11 is 0. The average molecular weight is 234 g/mol. The second-order valence-electron chi connectivity index (χ2n) is 4.59. The van der Waals surface area contributed by atoms with E-state index in [1.165, 1.54) is 6.42 Å². The van der Waals surface area contributed by atoms with Crippen molar-refractivity contribution in [2.24, 2.45) is 5.92 Å². The fourth-order valence-corrected chi connectivity index (χ4v) is 3.39. The Bertz CT molecular complexity index is 269. The number of rotatable bonds is 5. The Morgan fingerprint density at radius 3 is 2.73 bits per heavy atom. The summed E-state index contributed by atoms with van der Waals surface area (Å²) in [5, 5.41) is 3.30. The van der Waals surface area contributed by atoms with Crippen LogP contribution in [0.3, 0.4) is 0 Å². The number of sulfonamides is 1. The fourth-order valence-electron chi connectivity index (χ4n) is 1.91. The van der Waals surface area contributed by atoms with Crippen molar-refractivity contribution in [3.63, 3.8) is 0 Å². The molecule has 0 bridgehead atoms. The van der Waals surface area contributed by atoms with Gasteiger partial charge in [0.05, 0.1) is 5.75 Å². The van der Waals surface area contributed by atoms with Gasteiger partial charge in [-0.3, -0.25) is 0 Å². The minimum absolute atomic E-state index is 0.000481. The van der Waals surface area contributed by atoms with Gasteiger partial charge in [-0.05, 0) is 52.1 Å². The van der Waals surface area contributed by atoms with Crippen LogP contribution in [0.25, 0.3) is 0 Å². The van der Waals surface area contributed by atoms with Gasteiger partial charge in [-0.15, -0.1) is 0 Å². The molecule has 15 heavy (non-hydrogen) atoms. The van der Waals surface area contributed by atoms with Crippen LogP contribution in [0.2, 0.25) is 0 Å². The summed E-state index contributed by atoms with van der Waals surface area (Å²) in [5.74, 6) is 0.792. The topological polar surface area (TPSA) is 58.2 Å². The average Bonchev–Trinajstić information content (AvgIpc) is 2.15. The van der Waals surface area contributed by atoms with E-state index < -0.39 is 10.0 Å². The SMILES string of the molecule is CC(C)NS(=O)(=O)CCC1CCCNC1. The quantitative estimate of drug-likeness (QED) is 0.736. The lowest BCUT2D eigenvalue weighted by Gasteiger charge is -2.22. The molecule has 1 fully saturated rings. The Hall–Kier alpha value is -0.130. The first-order chi connectivity index (χ1) is 6.99. The summed E-state index contributed by atoms with van der Waals surface area (Å²) in [5.41, 5.74) is 0. The molecule has 1 unspecified atom stereocenters. The van der Waals surface area contributed by atoms with E-state index in [2.05, 4.69) is 10.0 Å². The van der Waals surface area contributed by atoms with Crippen molar-refractivity contribution in [2.75, 3.05) is 18.8 Å². The number of hydrogen-bond donors (Lipinski definition) is 2. The van der Waals surface area contributed by atoms with Crippen molar-refractivity contribution < 1.29 is 8.42 Å². The molecule has 90 valence electrons. The van der Waals surface area contributed by atoms with Crippen LogP contribution in [0.15, 0.2) is 0 Å². The molecule has 1 aliphatic rings. The van der Waals surface area contributed by atoms with Gasteiger partial charge in [-0.25, -0.2) is 13.1 Å². The highest BCUT2D eigenvalue weighted by atomic mass is 32.2. The summed E-state index contributed by atoms with van der Waals surface area (Å²) in [4.78, 5) is 0. The lowest BCUT2D eigenvalue weighted by Crippen LogP contribution is -2.35. The van der Waals surface area contributed by atoms with Gasteiger partial charge in [-0.2, -0.15) is 0 Å². The summed E-state index contributed by atoms with van der Waals surface area (Å²) in [6, 6.07) is -0.000481. The molecular formula is C10H22N2O2S. The van der Waals surface area contributed by atoms with Crippen LogP contribution >= 0.6 is 0 Å². The molecule has 4 nitrogen and oxygen atoms in total. The van der Waals surface area contributed by atoms with E-state index >= 15 is 0 Å². The Balaban J connectivity index is 2.28. The van der Waals surface area contributed by atoms with Crippen LogP contribution in [0.5, 0.6) is 0 Å². The molecule has 5 heteroatoms. The summed E-state index contributed by atoms with van der Waals surface area (Å²) in [6.07, 6.45) is 3.10. The highest BCUT2D eigenvalue weighted by Gasteiger charge is 2.17. The van der Waals surface area contributed by atoms with E-state index in [1.54, 1.807) is 0 Å². The molecule has 0 spiro atoms. The molecule has 1 saturated heterocycles. The molecule has 1 aliphatic heterocycles. The summed E-state index contributed by atoms with van der Waals surface area (Å²) in [6.45, 7) is 5.74. The van der Waals surface area contributed by atoms with Gasteiger partial charge in [0.1, 0.15) is 0 Å². The molecule has 0 saturated carbocycles. The summed E-state index contributed by atoms with van der Waals surface area (Å²) in [7, 11) is -3.06. The molecular weight excluding hydrogens is 212 g/mol. The third kappa shape index (κ3) is 5.49. The van der Waals surface area contributed by atoms with Gasteiger partial charge in [0.2, 0.25) is 10.0 Å². The minimum Gasteiger partial charge on any atom is -0.316 e. The Kier molecular flexibility index (Phi) is 5.02. The van der Waals surface area contributed by atoms with Gasteiger partial charge in [0.15, 0.2) is 0 Å². The molecule has 0 aromatic carbocycles. The van der Waals surface area contributed by atoms with E-state index in [0.29, 0.717) is 5.92 Å².